The van der Waals surface area contributed by atoms with E-state index in [9.17, 15) is 4.79 Å². The molecule has 0 spiro atoms. The lowest BCUT2D eigenvalue weighted by atomic mass is 10.2. The van der Waals surface area contributed by atoms with Crippen molar-refractivity contribution in [2.45, 2.75) is 13.0 Å². The second-order valence-corrected chi connectivity index (χ2v) is 5.13. The predicted molar refractivity (Wildman–Crippen MR) is 79.6 cm³/mol. The number of aliphatic hydroxyl groups excluding tert-OH is 1. The molecular weight excluding hydrogens is 254 g/mol. The van der Waals surface area contributed by atoms with Crippen molar-refractivity contribution in [2.24, 2.45) is 0 Å². The van der Waals surface area contributed by atoms with Crippen LogP contribution < -0.4 is 5.32 Å². The number of benzene rings is 1. The van der Waals surface area contributed by atoms with Crippen LogP contribution in [0.25, 0.3) is 0 Å². The number of hydrogen-bond donors (Lipinski definition) is 2. The number of nitrogens with zero attached hydrogens (tertiary/aromatic N) is 2. The highest BCUT2D eigenvalue weighted by Gasteiger charge is 2.25. The number of hydrogen-bond acceptors (Lipinski definition) is 4. The molecule has 1 aromatic carbocycles. The van der Waals surface area contributed by atoms with Crippen LogP contribution >= 0.6 is 0 Å². The molecule has 2 rings (SSSR count). The number of piperazine rings is 1. The third-order valence-corrected chi connectivity index (χ3v) is 3.79. The van der Waals surface area contributed by atoms with Crippen LogP contribution in [0.15, 0.2) is 30.3 Å². The summed E-state index contributed by atoms with van der Waals surface area (Å²) in [7, 11) is 0. The molecule has 1 fully saturated rings. The molecule has 20 heavy (non-hydrogen) atoms. The average molecular weight is 277 g/mol. The van der Waals surface area contributed by atoms with E-state index in [-0.39, 0.29) is 18.6 Å². The fourth-order valence-electron chi connectivity index (χ4n) is 2.45. The Balaban J connectivity index is 1.82. The van der Waals surface area contributed by atoms with Gasteiger partial charge in [-0.3, -0.25) is 14.6 Å². The highest BCUT2D eigenvalue weighted by Crippen LogP contribution is 2.10. The van der Waals surface area contributed by atoms with Crippen LogP contribution in [0.2, 0.25) is 0 Å². The van der Waals surface area contributed by atoms with E-state index >= 15 is 0 Å². The molecule has 2 N–H and O–H groups in total. The van der Waals surface area contributed by atoms with Gasteiger partial charge in [0.2, 0.25) is 5.91 Å². The molecule has 0 saturated carbocycles. The van der Waals surface area contributed by atoms with Gasteiger partial charge >= 0.3 is 0 Å². The highest BCUT2D eigenvalue weighted by molar-refractivity contribution is 5.94. The number of rotatable bonds is 5. The molecule has 1 unspecified atom stereocenters. The van der Waals surface area contributed by atoms with Crippen LogP contribution in [-0.4, -0.2) is 66.2 Å². The second-order valence-electron chi connectivity index (χ2n) is 5.13. The Hall–Kier alpha value is -1.43. The number of para-hydroxylation sites is 1. The van der Waals surface area contributed by atoms with Crippen LogP contribution in [0.3, 0.4) is 0 Å². The molecule has 1 atom stereocenters. The lowest BCUT2D eigenvalue weighted by Gasteiger charge is -2.37. The summed E-state index contributed by atoms with van der Waals surface area (Å²) in [4.78, 5) is 16.6. The molecule has 0 bridgehead atoms. The van der Waals surface area contributed by atoms with E-state index in [4.69, 9.17) is 5.11 Å². The first kappa shape index (κ1) is 15.0. The topological polar surface area (TPSA) is 55.8 Å². The molecule has 1 aliphatic heterocycles. The number of aliphatic hydroxyl groups is 1. The van der Waals surface area contributed by atoms with Crippen LogP contribution in [-0.2, 0) is 4.79 Å². The SMILES string of the molecule is CC(C(=O)Nc1ccccc1)N1CCN(CCO)CC1. The van der Waals surface area contributed by atoms with E-state index in [0.29, 0.717) is 0 Å². The molecule has 0 aliphatic carbocycles. The maximum Gasteiger partial charge on any atom is 0.241 e. The van der Waals surface area contributed by atoms with Gasteiger partial charge in [-0.05, 0) is 19.1 Å². The Morgan fingerprint density at radius 1 is 1.25 bits per heavy atom. The number of amides is 1. The van der Waals surface area contributed by atoms with Crippen molar-refractivity contribution in [1.29, 1.82) is 0 Å². The Morgan fingerprint density at radius 2 is 1.90 bits per heavy atom. The van der Waals surface area contributed by atoms with E-state index in [1.807, 2.05) is 37.3 Å². The first-order chi connectivity index (χ1) is 9.70. The largest absolute Gasteiger partial charge is 0.395 e. The van der Waals surface area contributed by atoms with Crippen molar-refractivity contribution in [1.82, 2.24) is 9.80 Å². The number of nitrogens with one attached hydrogen (secondary N) is 1. The van der Waals surface area contributed by atoms with Gasteiger partial charge in [-0.2, -0.15) is 0 Å². The summed E-state index contributed by atoms with van der Waals surface area (Å²) in [5.74, 6) is 0.0341. The molecule has 0 radical (unpaired) electrons. The molecule has 0 aromatic heterocycles. The molecule has 1 amide bonds. The zero-order chi connectivity index (χ0) is 14.4. The highest BCUT2D eigenvalue weighted by atomic mass is 16.3. The molecule has 5 nitrogen and oxygen atoms in total. The lowest BCUT2D eigenvalue weighted by molar-refractivity contribution is -0.121. The first-order valence-corrected chi connectivity index (χ1v) is 7.14. The minimum atomic E-state index is -0.133. The number of carbonyl (C=O) groups is 1. The number of carbonyl (C=O) groups excluding carboxylic acids is 1. The molecule has 1 aliphatic rings. The zero-order valence-corrected chi connectivity index (χ0v) is 12.0. The van der Waals surface area contributed by atoms with Gasteiger partial charge in [-0.15, -0.1) is 0 Å². The minimum absolute atomic E-state index is 0.0341. The van der Waals surface area contributed by atoms with E-state index in [1.165, 1.54) is 0 Å². The Morgan fingerprint density at radius 3 is 2.50 bits per heavy atom. The van der Waals surface area contributed by atoms with Crippen LogP contribution in [0.5, 0.6) is 0 Å². The standard InChI is InChI=1S/C15H23N3O2/c1-13(15(20)16-14-5-3-2-4-6-14)18-9-7-17(8-10-18)11-12-19/h2-6,13,19H,7-12H2,1H3,(H,16,20). The number of anilines is 1. The molecule has 1 aromatic rings. The smallest absolute Gasteiger partial charge is 0.241 e. The van der Waals surface area contributed by atoms with Gasteiger partial charge in [0.1, 0.15) is 0 Å². The van der Waals surface area contributed by atoms with E-state index in [0.717, 1.165) is 38.4 Å². The summed E-state index contributed by atoms with van der Waals surface area (Å²) in [6.07, 6.45) is 0. The third kappa shape index (κ3) is 4.03. The molecule has 1 heterocycles. The van der Waals surface area contributed by atoms with Gasteiger partial charge in [0.15, 0.2) is 0 Å². The van der Waals surface area contributed by atoms with E-state index in [2.05, 4.69) is 15.1 Å². The normalized spacial score (nSPS) is 18.7. The van der Waals surface area contributed by atoms with Crippen molar-refractivity contribution in [3.05, 3.63) is 30.3 Å². The van der Waals surface area contributed by atoms with Crippen LogP contribution in [0.1, 0.15) is 6.92 Å². The van der Waals surface area contributed by atoms with Gasteiger partial charge in [0.25, 0.3) is 0 Å². The van der Waals surface area contributed by atoms with Crippen molar-refractivity contribution in [3.63, 3.8) is 0 Å². The van der Waals surface area contributed by atoms with E-state index in [1.54, 1.807) is 0 Å². The predicted octanol–water partition coefficient (Wildman–Crippen LogP) is 0.623. The Kier molecular flexibility index (Phi) is 5.52. The van der Waals surface area contributed by atoms with Gasteiger partial charge in [0.05, 0.1) is 12.6 Å². The third-order valence-electron chi connectivity index (χ3n) is 3.79. The van der Waals surface area contributed by atoms with Crippen molar-refractivity contribution in [3.8, 4) is 0 Å². The first-order valence-electron chi connectivity index (χ1n) is 7.14. The second kappa shape index (κ2) is 7.38. The molecule has 5 heteroatoms. The van der Waals surface area contributed by atoms with Crippen molar-refractivity contribution < 1.29 is 9.90 Å². The summed E-state index contributed by atoms with van der Waals surface area (Å²) < 4.78 is 0. The maximum absolute atomic E-state index is 12.2. The summed E-state index contributed by atoms with van der Waals surface area (Å²) >= 11 is 0. The average Bonchev–Trinajstić information content (AvgIpc) is 2.48. The van der Waals surface area contributed by atoms with Crippen molar-refractivity contribution >= 4 is 11.6 Å². The maximum atomic E-state index is 12.2. The van der Waals surface area contributed by atoms with Crippen LogP contribution in [0, 0.1) is 0 Å². The lowest BCUT2D eigenvalue weighted by Crippen LogP contribution is -2.53. The summed E-state index contributed by atoms with van der Waals surface area (Å²) in [6, 6.07) is 9.40. The Bertz CT molecular complexity index is 416. The molecular formula is C15H23N3O2. The Labute approximate surface area is 120 Å². The summed E-state index contributed by atoms with van der Waals surface area (Å²) in [5.41, 5.74) is 0.836. The fourth-order valence-corrected chi connectivity index (χ4v) is 2.45. The van der Waals surface area contributed by atoms with Crippen molar-refractivity contribution in [2.75, 3.05) is 44.6 Å². The van der Waals surface area contributed by atoms with Gasteiger partial charge in [-0.25, -0.2) is 0 Å². The van der Waals surface area contributed by atoms with Gasteiger partial charge in [-0.1, -0.05) is 18.2 Å². The van der Waals surface area contributed by atoms with Gasteiger partial charge < -0.3 is 10.4 Å². The van der Waals surface area contributed by atoms with Crippen LogP contribution in [0.4, 0.5) is 5.69 Å². The molecule has 110 valence electrons. The quantitative estimate of drug-likeness (QED) is 0.828. The molecule has 1 saturated heterocycles. The monoisotopic (exact) mass is 277 g/mol. The van der Waals surface area contributed by atoms with E-state index < -0.39 is 0 Å². The summed E-state index contributed by atoms with van der Waals surface area (Å²) in [6.45, 7) is 6.41. The summed E-state index contributed by atoms with van der Waals surface area (Å²) in [5, 5.41) is 11.9. The zero-order valence-electron chi connectivity index (χ0n) is 12.0. The fraction of sp³-hybridized carbons (Fsp3) is 0.533. The minimum Gasteiger partial charge on any atom is -0.395 e. The number of β-amino-alcohol motifs (C(OH)–C–C–N with tert-alkyl or cyclic N) is 1. The van der Waals surface area contributed by atoms with Gasteiger partial charge in [0, 0.05) is 38.4 Å².